The standard InChI is InChI=1S/C30H44O9/c1-7-11-22-23(35-18-20-12-9-8-10-13-20)25-24(38-22)26(36-19(2)31)27-30(33-6,39-25)16-14-21(37-27)15-17-34-28(32)29(3,4)5/h8-10,12-13,21-27H,7,11,14-18H2,1-6H3/t21-,22-,23+,24-,25+,26+,27-,30?/m1/s1. The molecule has 0 aliphatic carbocycles. The fraction of sp³-hybridized carbons (Fsp3) is 0.733. The lowest BCUT2D eigenvalue weighted by Crippen LogP contribution is -2.69. The average Bonchev–Trinajstić information content (AvgIpc) is 3.23. The van der Waals surface area contributed by atoms with E-state index in [-0.39, 0.29) is 30.9 Å². The highest BCUT2D eigenvalue weighted by Gasteiger charge is 2.65. The van der Waals surface area contributed by atoms with Crippen molar-refractivity contribution in [3.8, 4) is 0 Å². The Hall–Kier alpha value is -2.04. The lowest BCUT2D eigenvalue weighted by Gasteiger charge is -2.53. The van der Waals surface area contributed by atoms with Gasteiger partial charge in [-0.15, -0.1) is 0 Å². The van der Waals surface area contributed by atoms with E-state index in [1.165, 1.54) is 6.92 Å². The molecule has 3 aliphatic rings. The predicted octanol–water partition coefficient (Wildman–Crippen LogP) is 4.34. The third-order valence-electron chi connectivity index (χ3n) is 7.68. The Morgan fingerprint density at radius 2 is 1.79 bits per heavy atom. The lowest BCUT2D eigenvalue weighted by atomic mass is 9.84. The third-order valence-corrected chi connectivity index (χ3v) is 7.68. The van der Waals surface area contributed by atoms with Crippen LogP contribution in [0.2, 0.25) is 0 Å². The quantitative estimate of drug-likeness (QED) is 0.396. The fourth-order valence-corrected chi connectivity index (χ4v) is 5.68. The number of ether oxygens (including phenoxy) is 7. The van der Waals surface area contributed by atoms with Gasteiger partial charge < -0.3 is 33.2 Å². The van der Waals surface area contributed by atoms with Crippen molar-refractivity contribution >= 4 is 11.9 Å². The van der Waals surface area contributed by atoms with Crippen LogP contribution in [-0.4, -0.2) is 74.2 Å². The monoisotopic (exact) mass is 548 g/mol. The van der Waals surface area contributed by atoms with Crippen LogP contribution in [0.4, 0.5) is 0 Å². The molecular formula is C30H44O9. The normalized spacial score (nSPS) is 34.2. The highest BCUT2D eigenvalue weighted by atomic mass is 16.8. The molecule has 0 N–H and O–H groups in total. The molecule has 9 nitrogen and oxygen atoms in total. The molecule has 0 amide bonds. The van der Waals surface area contributed by atoms with Crippen molar-refractivity contribution in [2.45, 2.75) is 122 Å². The Kier molecular flexibility index (Phi) is 9.70. The van der Waals surface area contributed by atoms with Gasteiger partial charge in [0.15, 0.2) is 18.0 Å². The lowest BCUT2D eigenvalue weighted by molar-refractivity contribution is -0.383. The molecule has 218 valence electrons. The van der Waals surface area contributed by atoms with Crippen LogP contribution < -0.4 is 0 Å². The number of esters is 2. The van der Waals surface area contributed by atoms with Crippen LogP contribution in [0.5, 0.6) is 0 Å². The van der Waals surface area contributed by atoms with Crippen LogP contribution >= 0.6 is 0 Å². The number of carbonyl (C=O) groups excluding carboxylic acids is 2. The first-order valence-corrected chi connectivity index (χ1v) is 14.1. The molecular weight excluding hydrogens is 504 g/mol. The van der Waals surface area contributed by atoms with Crippen molar-refractivity contribution in [1.82, 2.24) is 0 Å². The minimum Gasteiger partial charge on any atom is -0.465 e. The Labute approximate surface area is 231 Å². The third kappa shape index (κ3) is 6.82. The summed E-state index contributed by atoms with van der Waals surface area (Å²) in [5.74, 6) is -1.81. The smallest absolute Gasteiger partial charge is 0.311 e. The Bertz CT molecular complexity index is 961. The zero-order valence-electron chi connectivity index (χ0n) is 24.1. The first-order valence-electron chi connectivity index (χ1n) is 14.1. The van der Waals surface area contributed by atoms with Crippen molar-refractivity contribution in [1.29, 1.82) is 0 Å². The second-order valence-corrected chi connectivity index (χ2v) is 11.8. The van der Waals surface area contributed by atoms with Gasteiger partial charge in [0.1, 0.15) is 18.3 Å². The topological polar surface area (TPSA) is 98.8 Å². The van der Waals surface area contributed by atoms with Gasteiger partial charge in [0.05, 0.1) is 30.8 Å². The summed E-state index contributed by atoms with van der Waals surface area (Å²) >= 11 is 0. The molecule has 1 unspecified atom stereocenters. The van der Waals surface area contributed by atoms with Gasteiger partial charge in [0, 0.05) is 26.9 Å². The van der Waals surface area contributed by atoms with E-state index in [2.05, 4.69) is 6.92 Å². The van der Waals surface area contributed by atoms with Gasteiger partial charge in [0.25, 0.3) is 0 Å². The van der Waals surface area contributed by atoms with Crippen molar-refractivity contribution in [3.63, 3.8) is 0 Å². The zero-order chi connectivity index (χ0) is 28.2. The molecule has 3 saturated heterocycles. The van der Waals surface area contributed by atoms with Crippen LogP contribution in [-0.2, 0) is 49.4 Å². The highest BCUT2D eigenvalue weighted by molar-refractivity contribution is 5.75. The van der Waals surface area contributed by atoms with Gasteiger partial charge in [-0.3, -0.25) is 9.59 Å². The minimum atomic E-state index is -1.13. The van der Waals surface area contributed by atoms with Crippen LogP contribution in [0.15, 0.2) is 30.3 Å². The van der Waals surface area contributed by atoms with Crippen molar-refractivity contribution in [2.75, 3.05) is 13.7 Å². The SMILES string of the molecule is CCC[C@H]1O[C@@H]2[C@@H](OC3(OC)CC[C@H](CCOC(=O)C(C)(C)C)O[C@@H]3[C@H]2OC(C)=O)[C@H]1OCc1ccccc1. The summed E-state index contributed by atoms with van der Waals surface area (Å²) in [7, 11) is 1.59. The Morgan fingerprint density at radius 1 is 1.05 bits per heavy atom. The molecule has 4 rings (SSSR count). The van der Waals surface area contributed by atoms with Crippen molar-refractivity contribution < 1.29 is 42.7 Å². The summed E-state index contributed by atoms with van der Waals surface area (Å²) in [5, 5.41) is 0. The van der Waals surface area contributed by atoms with E-state index < -0.39 is 41.6 Å². The van der Waals surface area contributed by atoms with Crippen molar-refractivity contribution in [3.05, 3.63) is 35.9 Å². The summed E-state index contributed by atoms with van der Waals surface area (Å²) < 4.78 is 43.5. The predicted molar refractivity (Wildman–Crippen MR) is 142 cm³/mol. The second kappa shape index (κ2) is 12.6. The number of benzene rings is 1. The van der Waals surface area contributed by atoms with E-state index in [9.17, 15) is 9.59 Å². The summed E-state index contributed by atoms with van der Waals surface area (Å²) in [6.45, 7) is 9.60. The maximum absolute atomic E-state index is 12.3. The van der Waals surface area contributed by atoms with Gasteiger partial charge in [-0.2, -0.15) is 0 Å². The summed E-state index contributed by atoms with van der Waals surface area (Å²) in [4.78, 5) is 24.5. The van der Waals surface area contributed by atoms with Gasteiger partial charge in [-0.25, -0.2) is 0 Å². The molecule has 0 saturated carbocycles. The van der Waals surface area contributed by atoms with E-state index in [1.54, 1.807) is 7.11 Å². The maximum Gasteiger partial charge on any atom is 0.311 e. The number of hydrogen-bond donors (Lipinski definition) is 0. The van der Waals surface area contributed by atoms with E-state index in [0.29, 0.717) is 25.9 Å². The summed E-state index contributed by atoms with van der Waals surface area (Å²) in [5.41, 5.74) is 0.484. The van der Waals surface area contributed by atoms with Gasteiger partial charge in [-0.1, -0.05) is 43.7 Å². The molecule has 0 bridgehead atoms. The molecule has 3 aliphatic heterocycles. The number of methoxy groups -OCH3 is 1. The van der Waals surface area contributed by atoms with Crippen LogP contribution in [0.1, 0.15) is 72.3 Å². The van der Waals surface area contributed by atoms with Gasteiger partial charge in [-0.05, 0) is 39.2 Å². The van der Waals surface area contributed by atoms with E-state index in [0.717, 1.165) is 18.4 Å². The number of rotatable bonds is 10. The van der Waals surface area contributed by atoms with Gasteiger partial charge in [0.2, 0.25) is 0 Å². The number of fused-ring (bicyclic) bond motifs is 2. The Balaban J connectivity index is 1.53. The fourth-order valence-electron chi connectivity index (χ4n) is 5.68. The van der Waals surface area contributed by atoms with Crippen LogP contribution in [0.25, 0.3) is 0 Å². The van der Waals surface area contributed by atoms with E-state index >= 15 is 0 Å². The molecule has 1 aromatic rings. The molecule has 0 aromatic heterocycles. The minimum absolute atomic E-state index is 0.220. The Morgan fingerprint density at radius 3 is 2.44 bits per heavy atom. The first kappa shape index (κ1) is 29.9. The zero-order valence-corrected chi connectivity index (χ0v) is 24.1. The molecule has 8 atom stereocenters. The van der Waals surface area contributed by atoms with Crippen LogP contribution in [0, 0.1) is 5.41 Å². The summed E-state index contributed by atoms with van der Waals surface area (Å²) in [6, 6.07) is 9.97. The number of hydrogen-bond acceptors (Lipinski definition) is 9. The molecule has 39 heavy (non-hydrogen) atoms. The van der Waals surface area contributed by atoms with Crippen LogP contribution in [0.3, 0.4) is 0 Å². The maximum atomic E-state index is 12.3. The molecule has 1 aromatic carbocycles. The largest absolute Gasteiger partial charge is 0.465 e. The molecule has 3 fully saturated rings. The van der Waals surface area contributed by atoms with E-state index in [4.69, 9.17) is 33.2 Å². The number of carbonyl (C=O) groups is 2. The van der Waals surface area contributed by atoms with Crippen molar-refractivity contribution in [2.24, 2.45) is 5.41 Å². The highest BCUT2D eigenvalue weighted by Crippen LogP contribution is 2.47. The first-order chi connectivity index (χ1) is 18.6. The molecule has 0 spiro atoms. The second-order valence-electron chi connectivity index (χ2n) is 11.8. The molecule has 0 radical (unpaired) electrons. The molecule has 3 heterocycles. The van der Waals surface area contributed by atoms with E-state index in [1.807, 2.05) is 51.1 Å². The summed E-state index contributed by atoms with van der Waals surface area (Å²) in [6.07, 6.45) is 0.00965. The average molecular weight is 549 g/mol. The molecule has 9 heteroatoms. The van der Waals surface area contributed by atoms with Gasteiger partial charge >= 0.3 is 11.9 Å².